The summed E-state index contributed by atoms with van der Waals surface area (Å²) in [6.45, 7) is 1.78. The second-order valence-corrected chi connectivity index (χ2v) is 4.88. The first kappa shape index (κ1) is 11.1. The molecule has 0 bridgehead atoms. The van der Waals surface area contributed by atoms with Crippen LogP contribution in [-0.2, 0) is 17.6 Å². The van der Waals surface area contributed by atoms with Crippen molar-refractivity contribution in [2.24, 2.45) is 5.73 Å². The molecule has 2 aromatic rings. The average Bonchev–Trinajstić information content (AvgIpc) is 2.77. The Bertz CT molecular complexity index is 623. The number of hydrogen-bond donors (Lipinski definition) is 2. The second kappa shape index (κ2) is 4.02. The summed E-state index contributed by atoms with van der Waals surface area (Å²) >= 11 is 0. The molecule has 1 aliphatic carbocycles. The third-order valence-electron chi connectivity index (χ3n) is 3.68. The summed E-state index contributed by atoms with van der Waals surface area (Å²) in [6.07, 6.45) is 2.23. The topological polar surface area (TPSA) is 55.1 Å². The van der Waals surface area contributed by atoms with Crippen molar-refractivity contribution in [2.75, 3.05) is 5.32 Å². The lowest BCUT2D eigenvalue weighted by Gasteiger charge is -2.15. The summed E-state index contributed by atoms with van der Waals surface area (Å²) < 4.78 is 0. The van der Waals surface area contributed by atoms with E-state index in [9.17, 15) is 4.79 Å². The van der Waals surface area contributed by atoms with E-state index < -0.39 is 0 Å². The van der Waals surface area contributed by atoms with Crippen molar-refractivity contribution >= 4 is 22.4 Å². The quantitative estimate of drug-likeness (QED) is 0.864. The van der Waals surface area contributed by atoms with Crippen molar-refractivity contribution in [3.63, 3.8) is 0 Å². The van der Waals surface area contributed by atoms with Crippen LogP contribution in [0.4, 0.5) is 5.69 Å². The van der Waals surface area contributed by atoms with Crippen LogP contribution in [0.5, 0.6) is 0 Å². The second-order valence-electron chi connectivity index (χ2n) is 4.88. The standard InChI is InChI=1S/C15H16N2O/c1-9(15(16)18)17-13-8-7-11-6-5-10-3-2-4-12(13)14(10)11/h2-4,7-9,17H,5-6H2,1H3,(H2,16,18)/t9-/m0/s1. The molecule has 1 aliphatic rings. The van der Waals surface area contributed by atoms with Crippen molar-refractivity contribution in [3.05, 3.63) is 41.5 Å². The van der Waals surface area contributed by atoms with Gasteiger partial charge in [0, 0.05) is 11.1 Å². The minimum Gasteiger partial charge on any atom is -0.373 e. The number of primary amides is 1. The van der Waals surface area contributed by atoms with Crippen LogP contribution in [0, 0.1) is 0 Å². The summed E-state index contributed by atoms with van der Waals surface area (Å²) in [5.74, 6) is -0.335. The van der Waals surface area contributed by atoms with Crippen LogP contribution in [0.3, 0.4) is 0 Å². The Morgan fingerprint density at radius 3 is 2.67 bits per heavy atom. The number of amides is 1. The van der Waals surface area contributed by atoms with Crippen LogP contribution in [0.25, 0.3) is 10.8 Å². The highest BCUT2D eigenvalue weighted by Gasteiger charge is 2.17. The van der Waals surface area contributed by atoms with Gasteiger partial charge in [-0.05, 0) is 42.3 Å². The van der Waals surface area contributed by atoms with E-state index in [1.54, 1.807) is 6.92 Å². The van der Waals surface area contributed by atoms with Gasteiger partial charge in [-0.3, -0.25) is 4.79 Å². The van der Waals surface area contributed by atoms with E-state index in [0.717, 1.165) is 18.5 Å². The molecule has 2 aromatic carbocycles. The number of anilines is 1. The van der Waals surface area contributed by atoms with Gasteiger partial charge in [-0.25, -0.2) is 0 Å². The zero-order valence-electron chi connectivity index (χ0n) is 10.4. The molecule has 0 saturated heterocycles. The smallest absolute Gasteiger partial charge is 0.239 e. The Hall–Kier alpha value is -2.03. The molecule has 0 radical (unpaired) electrons. The van der Waals surface area contributed by atoms with Crippen LogP contribution in [-0.4, -0.2) is 11.9 Å². The third-order valence-corrected chi connectivity index (χ3v) is 3.68. The molecule has 0 fully saturated rings. The highest BCUT2D eigenvalue weighted by atomic mass is 16.1. The molecule has 92 valence electrons. The summed E-state index contributed by atoms with van der Waals surface area (Å²) in [7, 11) is 0. The molecule has 1 amide bonds. The first-order valence-electron chi connectivity index (χ1n) is 6.26. The van der Waals surface area contributed by atoms with Crippen molar-refractivity contribution < 1.29 is 4.79 Å². The maximum atomic E-state index is 11.1. The molecule has 3 nitrogen and oxygen atoms in total. The average molecular weight is 240 g/mol. The molecule has 18 heavy (non-hydrogen) atoms. The fourth-order valence-electron chi connectivity index (χ4n) is 2.68. The Kier molecular flexibility index (Phi) is 2.47. The van der Waals surface area contributed by atoms with Crippen LogP contribution in [0.15, 0.2) is 30.3 Å². The minimum absolute atomic E-state index is 0.335. The Morgan fingerprint density at radius 2 is 1.94 bits per heavy atom. The fourth-order valence-corrected chi connectivity index (χ4v) is 2.68. The number of nitrogens with one attached hydrogen (secondary N) is 1. The molecule has 0 saturated carbocycles. The molecular formula is C15H16N2O. The van der Waals surface area contributed by atoms with Gasteiger partial charge in [-0.15, -0.1) is 0 Å². The SMILES string of the molecule is C[C@H](Nc1ccc2c3c(cccc13)CC2)C(N)=O. The lowest BCUT2D eigenvalue weighted by atomic mass is 10.0. The van der Waals surface area contributed by atoms with Gasteiger partial charge in [-0.2, -0.15) is 0 Å². The molecule has 0 aromatic heterocycles. The van der Waals surface area contributed by atoms with Gasteiger partial charge in [0.2, 0.25) is 5.91 Å². The lowest BCUT2D eigenvalue weighted by Crippen LogP contribution is -2.32. The third kappa shape index (κ3) is 1.63. The summed E-state index contributed by atoms with van der Waals surface area (Å²) in [6, 6.07) is 10.2. The summed E-state index contributed by atoms with van der Waals surface area (Å²) in [5, 5.41) is 5.73. The van der Waals surface area contributed by atoms with E-state index >= 15 is 0 Å². The molecule has 0 spiro atoms. The predicted octanol–water partition coefficient (Wildman–Crippen LogP) is 2.22. The van der Waals surface area contributed by atoms with Gasteiger partial charge in [0.1, 0.15) is 6.04 Å². The van der Waals surface area contributed by atoms with Crippen LogP contribution in [0.2, 0.25) is 0 Å². The van der Waals surface area contributed by atoms with Gasteiger partial charge in [0.25, 0.3) is 0 Å². The fraction of sp³-hybridized carbons (Fsp3) is 0.267. The Morgan fingerprint density at radius 1 is 1.22 bits per heavy atom. The number of nitrogens with two attached hydrogens (primary N) is 1. The largest absolute Gasteiger partial charge is 0.373 e. The highest BCUT2D eigenvalue weighted by Crippen LogP contribution is 2.35. The van der Waals surface area contributed by atoms with Gasteiger partial charge in [0.05, 0.1) is 0 Å². The lowest BCUT2D eigenvalue weighted by molar-refractivity contribution is -0.118. The van der Waals surface area contributed by atoms with Crippen molar-refractivity contribution in [3.8, 4) is 0 Å². The molecule has 0 heterocycles. The summed E-state index contributed by atoms with van der Waals surface area (Å²) in [4.78, 5) is 11.1. The maximum Gasteiger partial charge on any atom is 0.239 e. The molecule has 0 unspecified atom stereocenters. The van der Waals surface area contributed by atoms with E-state index in [4.69, 9.17) is 5.73 Å². The van der Waals surface area contributed by atoms with Gasteiger partial charge >= 0.3 is 0 Å². The minimum atomic E-state index is -0.358. The predicted molar refractivity (Wildman–Crippen MR) is 73.6 cm³/mol. The maximum absolute atomic E-state index is 11.1. The zero-order chi connectivity index (χ0) is 12.7. The van der Waals surface area contributed by atoms with E-state index in [-0.39, 0.29) is 11.9 Å². The molecule has 3 heteroatoms. The number of carbonyl (C=O) groups excluding carboxylic acids is 1. The number of benzene rings is 2. The first-order chi connectivity index (χ1) is 8.66. The van der Waals surface area contributed by atoms with Gasteiger partial charge in [-0.1, -0.05) is 24.3 Å². The Balaban J connectivity index is 2.12. The number of aryl methyl sites for hydroxylation is 2. The molecule has 3 rings (SSSR count). The number of carbonyl (C=O) groups is 1. The molecular weight excluding hydrogens is 224 g/mol. The normalized spacial score (nSPS) is 14.7. The van der Waals surface area contributed by atoms with Gasteiger partial charge < -0.3 is 11.1 Å². The van der Waals surface area contributed by atoms with Crippen molar-refractivity contribution in [1.82, 2.24) is 0 Å². The van der Waals surface area contributed by atoms with Gasteiger partial charge in [0.15, 0.2) is 0 Å². The van der Waals surface area contributed by atoms with Crippen LogP contribution in [0.1, 0.15) is 18.1 Å². The van der Waals surface area contributed by atoms with Crippen LogP contribution >= 0.6 is 0 Å². The molecule has 0 aliphatic heterocycles. The highest BCUT2D eigenvalue weighted by molar-refractivity contribution is 6.00. The molecule has 3 N–H and O–H groups in total. The molecule has 1 atom stereocenters. The zero-order valence-corrected chi connectivity index (χ0v) is 10.4. The van der Waals surface area contributed by atoms with Crippen molar-refractivity contribution in [1.29, 1.82) is 0 Å². The Labute approximate surface area is 106 Å². The number of rotatable bonds is 3. The number of hydrogen-bond acceptors (Lipinski definition) is 2. The van der Waals surface area contributed by atoms with Crippen molar-refractivity contribution in [2.45, 2.75) is 25.8 Å². The van der Waals surface area contributed by atoms with E-state index in [1.165, 1.54) is 21.9 Å². The monoisotopic (exact) mass is 240 g/mol. The van der Waals surface area contributed by atoms with E-state index in [2.05, 4.69) is 29.6 Å². The van der Waals surface area contributed by atoms with Crippen LogP contribution < -0.4 is 11.1 Å². The van der Waals surface area contributed by atoms with E-state index in [1.807, 2.05) is 6.07 Å². The first-order valence-corrected chi connectivity index (χ1v) is 6.26. The van der Waals surface area contributed by atoms with E-state index in [0.29, 0.717) is 0 Å². The summed E-state index contributed by atoms with van der Waals surface area (Å²) in [5.41, 5.74) is 9.09.